The van der Waals surface area contributed by atoms with E-state index >= 15 is 0 Å². The maximum Gasteiger partial charge on any atom is 0.306 e. The Hall–Kier alpha value is -1.10. The Kier molecular flexibility index (Phi) is 21.1. The summed E-state index contributed by atoms with van der Waals surface area (Å²) >= 11 is 0. The van der Waals surface area contributed by atoms with Gasteiger partial charge in [-0.15, -0.1) is 0 Å². The largest absolute Gasteiger partial charge is 0.463 e. The van der Waals surface area contributed by atoms with Gasteiger partial charge in [-0.05, 0) is 47.0 Å². The van der Waals surface area contributed by atoms with Gasteiger partial charge in [0.2, 0.25) is 0 Å². The Balaban J connectivity index is 0. The van der Waals surface area contributed by atoms with Gasteiger partial charge in [0.25, 0.3) is 0 Å². The number of ether oxygens (including phenoxy) is 2. The maximum atomic E-state index is 11.1. The first-order valence-corrected chi connectivity index (χ1v) is 10.3. The third-order valence-electron chi connectivity index (χ3n) is 3.51. The molecule has 0 saturated carbocycles. The van der Waals surface area contributed by atoms with Gasteiger partial charge in [0.15, 0.2) is 0 Å². The van der Waals surface area contributed by atoms with Crippen LogP contribution in [0.2, 0.25) is 0 Å². The zero-order valence-corrected chi connectivity index (χ0v) is 17.7. The molecule has 0 aliphatic carbocycles. The van der Waals surface area contributed by atoms with Gasteiger partial charge in [0.1, 0.15) is 0 Å². The van der Waals surface area contributed by atoms with Crippen molar-refractivity contribution < 1.29 is 24.2 Å². The predicted octanol–water partition coefficient (Wildman–Crippen LogP) is 5.18. The molecule has 0 aromatic heterocycles. The lowest BCUT2D eigenvalue weighted by atomic mass is 10.1. The van der Waals surface area contributed by atoms with Crippen LogP contribution in [0.4, 0.5) is 0 Å². The molecule has 0 saturated heterocycles. The molecule has 1 N–H and O–H groups in total. The van der Waals surface area contributed by atoms with E-state index in [2.05, 4.69) is 6.92 Å². The minimum absolute atomic E-state index is 0.00931. The number of hydrogen-bond acceptors (Lipinski definition) is 5. The fourth-order valence-electron chi connectivity index (χ4n) is 2.25. The third kappa shape index (κ3) is 25.1. The second-order valence-electron chi connectivity index (χ2n) is 7.13. The number of rotatable bonds is 14. The molecule has 0 radical (unpaired) electrons. The lowest BCUT2D eigenvalue weighted by molar-refractivity contribution is -0.148. The number of unbranched alkanes of at least 4 members (excludes halogenated alkanes) is 7. The van der Waals surface area contributed by atoms with Crippen molar-refractivity contribution in [2.24, 2.45) is 0 Å². The number of aliphatic hydroxyl groups is 1. The monoisotopic (exact) mass is 374 g/mol. The molecule has 5 heteroatoms. The normalized spacial score (nSPS) is 10.5. The number of aliphatic hydroxyl groups excluding tert-OH is 1. The highest BCUT2D eigenvalue weighted by atomic mass is 16.5. The molecule has 0 spiro atoms. The number of esters is 2. The van der Waals surface area contributed by atoms with Crippen LogP contribution < -0.4 is 0 Å². The highest BCUT2D eigenvalue weighted by Crippen LogP contribution is 2.06. The van der Waals surface area contributed by atoms with E-state index in [4.69, 9.17) is 14.6 Å². The Labute approximate surface area is 160 Å². The van der Waals surface area contributed by atoms with E-state index in [0.29, 0.717) is 12.8 Å². The molecule has 5 nitrogen and oxygen atoms in total. The molecule has 26 heavy (non-hydrogen) atoms. The molecule has 0 aromatic carbocycles. The molecular formula is C21H42O5. The average molecular weight is 375 g/mol. The van der Waals surface area contributed by atoms with E-state index in [1.165, 1.54) is 19.3 Å². The van der Waals surface area contributed by atoms with Crippen molar-refractivity contribution in [1.29, 1.82) is 0 Å². The van der Waals surface area contributed by atoms with Crippen molar-refractivity contribution in [3.05, 3.63) is 0 Å². The predicted molar refractivity (Wildman–Crippen MR) is 106 cm³/mol. The quantitative estimate of drug-likeness (QED) is 0.335. The molecule has 0 bridgehead atoms. The Morgan fingerprint density at radius 2 is 1.08 bits per heavy atom. The van der Waals surface area contributed by atoms with E-state index in [-0.39, 0.29) is 30.8 Å². The van der Waals surface area contributed by atoms with Crippen molar-refractivity contribution in [3.63, 3.8) is 0 Å². The van der Waals surface area contributed by atoms with Crippen LogP contribution >= 0.6 is 0 Å². The fraction of sp³-hybridized carbons (Fsp3) is 0.905. The summed E-state index contributed by atoms with van der Waals surface area (Å²) in [5.74, 6) is -0.162. The summed E-state index contributed by atoms with van der Waals surface area (Å²) in [5.41, 5.74) is 0. The summed E-state index contributed by atoms with van der Waals surface area (Å²) in [6.07, 6.45) is 10.7. The molecule has 0 amide bonds. The smallest absolute Gasteiger partial charge is 0.306 e. The van der Waals surface area contributed by atoms with Gasteiger partial charge in [-0.25, -0.2) is 0 Å². The van der Waals surface area contributed by atoms with Crippen molar-refractivity contribution >= 4 is 11.9 Å². The number of hydrogen-bond donors (Lipinski definition) is 1. The van der Waals surface area contributed by atoms with Crippen LogP contribution in [0.15, 0.2) is 0 Å². The first-order valence-electron chi connectivity index (χ1n) is 10.3. The number of carbonyl (C=O) groups excluding carboxylic acids is 2. The average Bonchev–Trinajstić information content (AvgIpc) is 2.53. The minimum Gasteiger partial charge on any atom is -0.463 e. The zero-order chi connectivity index (χ0) is 20.2. The highest BCUT2D eigenvalue weighted by Gasteiger charge is 2.04. The second kappa shape index (κ2) is 20.2. The van der Waals surface area contributed by atoms with E-state index < -0.39 is 0 Å². The molecule has 0 rings (SSSR count). The summed E-state index contributed by atoms with van der Waals surface area (Å²) in [6.45, 7) is 9.90. The molecule has 0 heterocycles. The summed E-state index contributed by atoms with van der Waals surface area (Å²) in [6, 6.07) is 0. The van der Waals surface area contributed by atoms with Crippen molar-refractivity contribution in [2.75, 3.05) is 6.61 Å². The van der Waals surface area contributed by atoms with Crippen molar-refractivity contribution in [1.82, 2.24) is 0 Å². The lowest BCUT2D eigenvalue weighted by Crippen LogP contribution is -2.10. The summed E-state index contributed by atoms with van der Waals surface area (Å²) in [4.78, 5) is 22.1. The fourth-order valence-corrected chi connectivity index (χ4v) is 2.25. The van der Waals surface area contributed by atoms with Crippen LogP contribution in [0.25, 0.3) is 0 Å². The first kappa shape index (κ1) is 27.1. The van der Waals surface area contributed by atoms with Crippen molar-refractivity contribution in [2.45, 2.75) is 117 Å². The minimum atomic E-state index is -0.112. The molecule has 156 valence electrons. The molecule has 0 aromatic rings. The van der Waals surface area contributed by atoms with Gasteiger partial charge in [0.05, 0.1) is 12.2 Å². The first-order chi connectivity index (χ1) is 12.3. The van der Waals surface area contributed by atoms with Crippen LogP contribution in [0, 0.1) is 0 Å². The SMILES string of the molecule is CC(C)OC(=O)CCCCCCO.CCCCCCCC(=O)OC(C)C. The van der Waals surface area contributed by atoms with Crippen LogP contribution in [0.5, 0.6) is 0 Å². The van der Waals surface area contributed by atoms with Gasteiger partial charge in [-0.2, -0.15) is 0 Å². The standard InChI is InChI=1S/C11H22O2.C10H20O3/c1-4-5-6-7-8-9-11(12)13-10(2)3;1-9(2)13-10(12)7-5-3-4-6-8-11/h10H,4-9H2,1-3H3;9,11H,3-8H2,1-2H3. The molecule has 0 aliphatic heterocycles. The Morgan fingerprint density at radius 1 is 0.692 bits per heavy atom. The zero-order valence-electron chi connectivity index (χ0n) is 17.7. The summed E-state index contributed by atoms with van der Waals surface area (Å²) in [5, 5.41) is 8.50. The topological polar surface area (TPSA) is 72.8 Å². The third-order valence-corrected chi connectivity index (χ3v) is 3.51. The van der Waals surface area contributed by atoms with E-state index in [1.54, 1.807) is 0 Å². The van der Waals surface area contributed by atoms with Gasteiger partial charge < -0.3 is 14.6 Å². The van der Waals surface area contributed by atoms with Gasteiger partial charge in [0, 0.05) is 19.4 Å². The number of carbonyl (C=O) groups is 2. The van der Waals surface area contributed by atoms with Crippen LogP contribution in [0.3, 0.4) is 0 Å². The van der Waals surface area contributed by atoms with Gasteiger partial charge >= 0.3 is 11.9 Å². The molecular weight excluding hydrogens is 332 g/mol. The molecule has 0 fully saturated rings. The van der Waals surface area contributed by atoms with Crippen LogP contribution in [0.1, 0.15) is 105 Å². The molecule has 0 aliphatic rings. The highest BCUT2D eigenvalue weighted by molar-refractivity contribution is 5.69. The van der Waals surface area contributed by atoms with Crippen LogP contribution in [-0.2, 0) is 19.1 Å². The Bertz CT molecular complexity index is 294. The Morgan fingerprint density at radius 3 is 1.42 bits per heavy atom. The second-order valence-corrected chi connectivity index (χ2v) is 7.13. The maximum absolute atomic E-state index is 11.1. The van der Waals surface area contributed by atoms with E-state index in [1.807, 2.05) is 27.7 Å². The summed E-state index contributed by atoms with van der Waals surface area (Å²) in [7, 11) is 0. The van der Waals surface area contributed by atoms with E-state index in [0.717, 1.165) is 38.5 Å². The van der Waals surface area contributed by atoms with E-state index in [9.17, 15) is 9.59 Å². The molecule has 0 unspecified atom stereocenters. The van der Waals surface area contributed by atoms with Gasteiger partial charge in [-0.3, -0.25) is 9.59 Å². The van der Waals surface area contributed by atoms with Gasteiger partial charge in [-0.1, -0.05) is 45.4 Å². The lowest BCUT2D eigenvalue weighted by Gasteiger charge is -2.07. The van der Waals surface area contributed by atoms with Crippen LogP contribution in [-0.4, -0.2) is 35.9 Å². The molecule has 0 atom stereocenters. The summed E-state index contributed by atoms with van der Waals surface area (Å²) < 4.78 is 9.99. The van der Waals surface area contributed by atoms with Crippen molar-refractivity contribution in [3.8, 4) is 0 Å².